The Labute approximate surface area is 223 Å². The Morgan fingerprint density at radius 3 is 1.74 bits per heavy atom. The highest BCUT2D eigenvalue weighted by molar-refractivity contribution is 6.09. The van der Waals surface area contributed by atoms with Gasteiger partial charge in [-0.3, -0.25) is 5.32 Å². The van der Waals surface area contributed by atoms with E-state index in [2.05, 4.69) is 161 Å². The number of benzene rings is 5. The van der Waals surface area contributed by atoms with E-state index in [-0.39, 0.29) is 12.2 Å². The van der Waals surface area contributed by atoms with Gasteiger partial charge >= 0.3 is 0 Å². The van der Waals surface area contributed by atoms with Gasteiger partial charge in [-0.1, -0.05) is 109 Å². The lowest BCUT2D eigenvalue weighted by molar-refractivity contribution is 0.263. The molecule has 2 atom stereocenters. The Morgan fingerprint density at radius 1 is 0.553 bits per heavy atom. The highest BCUT2D eigenvalue weighted by Gasteiger charge is 2.28. The summed E-state index contributed by atoms with van der Waals surface area (Å²) in [4.78, 5) is 2.35. The van der Waals surface area contributed by atoms with E-state index in [0.29, 0.717) is 0 Å². The lowest BCUT2D eigenvalue weighted by atomic mass is 9.97. The molecule has 5 aromatic carbocycles. The van der Waals surface area contributed by atoms with Crippen molar-refractivity contribution in [3.05, 3.63) is 156 Å². The summed E-state index contributed by atoms with van der Waals surface area (Å²) in [5.74, 6) is 0. The number of nitrogens with zero attached hydrogens (tertiary/aromatic N) is 2. The standard InChI is InChI=1S/C35H29N3/c1-37-34(26-14-6-3-7-15-26)24-31(25-12-4-2-5-13-25)36-35(37)27-20-22-28(23-21-27)38-32-18-10-8-16-29(32)30-17-9-11-19-33(30)38/h2-24,31,35-36H,1H3. The smallest absolute Gasteiger partial charge is 0.106 e. The van der Waals surface area contributed by atoms with Crippen LogP contribution in [0, 0.1) is 0 Å². The third kappa shape index (κ3) is 3.80. The van der Waals surface area contributed by atoms with Crippen LogP contribution in [0.15, 0.2) is 140 Å². The largest absolute Gasteiger partial charge is 0.355 e. The highest BCUT2D eigenvalue weighted by atomic mass is 15.3. The molecule has 0 radical (unpaired) electrons. The molecule has 1 aliphatic rings. The quantitative estimate of drug-likeness (QED) is 0.269. The summed E-state index contributed by atoms with van der Waals surface area (Å²) in [6.07, 6.45) is 2.38. The summed E-state index contributed by atoms with van der Waals surface area (Å²) in [6, 6.07) is 47.8. The minimum atomic E-state index is 0.0348. The second kappa shape index (κ2) is 9.37. The summed E-state index contributed by atoms with van der Waals surface area (Å²) in [5.41, 5.74) is 8.59. The van der Waals surface area contributed by atoms with Crippen LogP contribution in [0.4, 0.5) is 0 Å². The summed E-state index contributed by atoms with van der Waals surface area (Å²) in [7, 11) is 2.18. The summed E-state index contributed by atoms with van der Waals surface area (Å²) >= 11 is 0. The monoisotopic (exact) mass is 491 g/mol. The van der Waals surface area contributed by atoms with Crippen molar-refractivity contribution in [3.8, 4) is 5.69 Å². The zero-order valence-corrected chi connectivity index (χ0v) is 21.3. The fourth-order valence-corrected chi connectivity index (χ4v) is 5.83. The number of nitrogens with one attached hydrogen (secondary N) is 1. The zero-order valence-electron chi connectivity index (χ0n) is 21.3. The van der Waals surface area contributed by atoms with E-state index in [4.69, 9.17) is 0 Å². The molecule has 2 unspecified atom stereocenters. The van der Waals surface area contributed by atoms with E-state index in [1.165, 1.54) is 49.9 Å². The van der Waals surface area contributed by atoms with Crippen LogP contribution < -0.4 is 5.32 Å². The fourth-order valence-electron chi connectivity index (χ4n) is 5.83. The number of aromatic nitrogens is 1. The Kier molecular flexibility index (Phi) is 5.57. The SMILES string of the molecule is CN1C(c2ccccc2)=CC(c2ccccc2)NC1c1ccc(-n2c3ccccc3c3ccccc32)cc1. The molecular formula is C35H29N3. The normalized spacial score (nSPS) is 17.6. The molecular weight excluding hydrogens is 462 g/mol. The Bertz CT molecular complexity index is 1700. The molecule has 0 saturated heterocycles. The highest BCUT2D eigenvalue weighted by Crippen LogP contribution is 2.37. The number of fused-ring (bicyclic) bond motifs is 3. The Balaban J connectivity index is 1.30. The van der Waals surface area contributed by atoms with Crippen molar-refractivity contribution in [1.82, 2.24) is 14.8 Å². The van der Waals surface area contributed by atoms with Crippen molar-refractivity contribution in [1.29, 1.82) is 0 Å². The van der Waals surface area contributed by atoms with Crippen molar-refractivity contribution >= 4 is 27.5 Å². The van der Waals surface area contributed by atoms with Gasteiger partial charge in [0.1, 0.15) is 6.17 Å². The maximum Gasteiger partial charge on any atom is 0.106 e. The van der Waals surface area contributed by atoms with E-state index in [1.54, 1.807) is 0 Å². The second-order valence-electron chi connectivity index (χ2n) is 9.95. The van der Waals surface area contributed by atoms with Gasteiger partial charge in [-0.05, 0) is 47.0 Å². The molecule has 3 heteroatoms. The van der Waals surface area contributed by atoms with Crippen LogP contribution in [0.2, 0.25) is 0 Å². The maximum atomic E-state index is 3.89. The lowest BCUT2D eigenvalue weighted by Crippen LogP contribution is -2.40. The van der Waals surface area contributed by atoms with Gasteiger partial charge in [0.05, 0.1) is 17.1 Å². The first-order valence-electron chi connectivity index (χ1n) is 13.2. The number of para-hydroxylation sites is 2. The average molecular weight is 492 g/mol. The van der Waals surface area contributed by atoms with Crippen molar-refractivity contribution in [2.45, 2.75) is 12.2 Å². The zero-order chi connectivity index (χ0) is 25.5. The molecule has 0 aliphatic carbocycles. The topological polar surface area (TPSA) is 20.2 Å². The molecule has 184 valence electrons. The summed E-state index contributed by atoms with van der Waals surface area (Å²) in [5, 5.41) is 6.46. The predicted octanol–water partition coefficient (Wildman–Crippen LogP) is 8.10. The van der Waals surface area contributed by atoms with E-state index in [9.17, 15) is 0 Å². The predicted molar refractivity (Wildman–Crippen MR) is 158 cm³/mol. The molecule has 0 bridgehead atoms. The molecule has 3 nitrogen and oxygen atoms in total. The maximum absolute atomic E-state index is 3.89. The van der Waals surface area contributed by atoms with Gasteiger partial charge in [-0.25, -0.2) is 0 Å². The van der Waals surface area contributed by atoms with Gasteiger partial charge < -0.3 is 9.47 Å². The third-order valence-corrected chi connectivity index (χ3v) is 7.70. The molecule has 1 aromatic heterocycles. The Hall–Kier alpha value is -4.60. The molecule has 6 aromatic rings. The molecule has 0 spiro atoms. The minimum Gasteiger partial charge on any atom is -0.355 e. The van der Waals surface area contributed by atoms with Gasteiger partial charge in [0.25, 0.3) is 0 Å². The summed E-state index contributed by atoms with van der Waals surface area (Å²) < 4.78 is 2.37. The molecule has 2 heterocycles. The number of hydrogen-bond donors (Lipinski definition) is 1. The van der Waals surface area contributed by atoms with Crippen molar-refractivity contribution in [3.63, 3.8) is 0 Å². The van der Waals surface area contributed by atoms with Crippen LogP contribution in [0.5, 0.6) is 0 Å². The molecule has 0 saturated carbocycles. The number of rotatable bonds is 4. The van der Waals surface area contributed by atoms with Gasteiger partial charge in [0.15, 0.2) is 0 Å². The van der Waals surface area contributed by atoms with Crippen LogP contribution in [-0.2, 0) is 0 Å². The van der Waals surface area contributed by atoms with E-state index >= 15 is 0 Å². The minimum absolute atomic E-state index is 0.0348. The van der Waals surface area contributed by atoms with Gasteiger partial charge in [-0.15, -0.1) is 0 Å². The molecule has 7 rings (SSSR count). The summed E-state index contributed by atoms with van der Waals surface area (Å²) in [6.45, 7) is 0. The first-order chi connectivity index (χ1) is 18.8. The fraction of sp³-hybridized carbons (Fsp3) is 0.0857. The molecule has 0 amide bonds. The van der Waals surface area contributed by atoms with Crippen LogP contribution in [0.3, 0.4) is 0 Å². The Morgan fingerprint density at radius 2 is 1.11 bits per heavy atom. The molecule has 38 heavy (non-hydrogen) atoms. The molecule has 1 N–H and O–H groups in total. The number of hydrogen-bond acceptors (Lipinski definition) is 2. The third-order valence-electron chi connectivity index (χ3n) is 7.70. The second-order valence-corrected chi connectivity index (χ2v) is 9.95. The lowest BCUT2D eigenvalue weighted by Gasteiger charge is -2.40. The van der Waals surface area contributed by atoms with E-state index in [1.807, 2.05) is 0 Å². The van der Waals surface area contributed by atoms with Crippen molar-refractivity contribution in [2.24, 2.45) is 0 Å². The van der Waals surface area contributed by atoms with Crippen LogP contribution in [0.1, 0.15) is 28.9 Å². The van der Waals surface area contributed by atoms with Crippen molar-refractivity contribution in [2.75, 3.05) is 7.05 Å². The molecule has 1 aliphatic heterocycles. The van der Waals surface area contributed by atoms with Gasteiger partial charge in [0, 0.05) is 29.2 Å². The van der Waals surface area contributed by atoms with Gasteiger partial charge in [-0.2, -0.15) is 0 Å². The molecule has 0 fully saturated rings. The van der Waals surface area contributed by atoms with E-state index in [0.717, 1.165) is 0 Å². The first-order valence-corrected chi connectivity index (χ1v) is 13.2. The average Bonchev–Trinajstić information content (AvgIpc) is 3.33. The van der Waals surface area contributed by atoms with Gasteiger partial charge in [0.2, 0.25) is 0 Å². The van der Waals surface area contributed by atoms with Crippen LogP contribution >= 0.6 is 0 Å². The van der Waals surface area contributed by atoms with Crippen molar-refractivity contribution < 1.29 is 0 Å². The first kappa shape index (κ1) is 22.6. The van der Waals surface area contributed by atoms with Crippen LogP contribution in [-0.4, -0.2) is 16.5 Å². The van der Waals surface area contributed by atoms with E-state index < -0.39 is 0 Å². The van der Waals surface area contributed by atoms with Crippen LogP contribution in [0.25, 0.3) is 33.2 Å².